The van der Waals surface area contributed by atoms with E-state index in [-0.39, 0.29) is 5.60 Å². The number of benzene rings is 1. The van der Waals surface area contributed by atoms with Crippen molar-refractivity contribution < 1.29 is 14.6 Å². The van der Waals surface area contributed by atoms with Crippen LogP contribution in [0.3, 0.4) is 0 Å². The molecule has 3 heteroatoms. The molecule has 0 amide bonds. The zero-order valence-electron chi connectivity index (χ0n) is 8.20. The van der Waals surface area contributed by atoms with E-state index in [4.69, 9.17) is 9.84 Å². The fourth-order valence-corrected chi connectivity index (χ4v) is 1.74. The van der Waals surface area contributed by atoms with Gasteiger partial charge in [-0.25, -0.2) is 4.79 Å². The Hall–Kier alpha value is -1.51. The van der Waals surface area contributed by atoms with E-state index in [0.717, 1.165) is 17.7 Å². The standard InChI is InChI=1S/C11H12O3/c1-11(2)6-8-5-7(10(12)13)3-4-9(8)14-11/h3-5H,6H2,1-2H3,(H,12,13). The number of carboxylic acids is 1. The smallest absolute Gasteiger partial charge is 0.335 e. The maximum Gasteiger partial charge on any atom is 0.335 e. The molecule has 2 rings (SSSR count). The third-order valence-electron chi connectivity index (χ3n) is 2.31. The molecule has 0 aromatic heterocycles. The van der Waals surface area contributed by atoms with Crippen molar-refractivity contribution >= 4 is 5.97 Å². The van der Waals surface area contributed by atoms with Gasteiger partial charge in [-0.3, -0.25) is 0 Å². The average molecular weight is 192 g/mol. The Morgan fingerprint density at radius 3 is 2.86 bits per heavy atom. The van der Waals surface area contributed by atoms with Crippen LogP contribution in [0.4, 0.5) is 0 Å². The molecule has 74 valence electrons. The highest BCUT2D eigenvalue weighted by Crippen LogP contribution is 2.35. The maximum atomic E-state index is 10.7. The van der Waals surface area contributed by atoms with Gasteiger partial charge >= 0.3 is 5.97 Å². The third kappa shape index (κ3) is 1.45. The normalized spacial score (nSPS) is 17.3. The van der Waals surface area contributed by atoms with Crippen LogP contribution in [-0.4, -0.2) is 16.7 Å². The summed E-state index contributed by atoms with van der Waals surface area (Å²) in [5, 5.41) is 8.81. The van der Waals surface area contributed by atoms with E-state index < -0.39 is 5.97 Å². The van der Waals surface area contributed by atoms with Gasteiger partial charge in [0, 0.05) is 6.42 Å². The van der Waals surface area contributed by atoms with E-state index in [0.29, 0.717) is 5.56 Å². The van der Waals surface area contributed by atoms with Crippen molar-refractivity contribution in [3.05, 3.63) is 29.3 Å². The lowest BCUT2D eigenvalue weighted by Gasteiger charge is -2.16. The predicted molar refractivity (Wildman–Crippen MR) is 51.8 cm³/mol. The summed E-state index contributed by atoms with van der Waals surface area (Å²) < 4.78 is 5.64. The van der Waals surface area contributed by atoms with Crippen molar-refractivity contribution in [3.8, 4) is 5.75 Å². The van der Waals surface area contributed by atoms with E-state index in [1.165, 1.54) is 0 Å². The van der Waals surface area contributed by atoms with Crippen molar-refractivity contribution in [2.75, 3.05) is 0 Å². The van der Waals surface area contributed by atoms with Gasteiger partial charge in [-0.05, 0) is 37.6 Å². The van der Waals surface area contributed by atoms with E-state index in [2.05, 4.69) is 0 Å². The van der Waals surface area contributed by atoms with E-state index in [1.54, 1.807) is 18.2 Å². The van der Waals surface area contributed by atoms with E-state index in [9.17, 15) is 4.79 Å². The summed E-state index contributed by atoms with van der Waals surface area (Å²) in [6, 6.07) is 4.99. The highest BCUT2D eigenvalue weighted by Gasteiger charge is 2.30. The van der Waals surface area contributed by atoms with Gasteiger partial charge in [0.15, 0.2) is 0 Å². The van der Waals surface area contributed by atoms with Crippen molar-refractivity contribution in [1.29, 1.82) is 0 Å². The minimum absolute atomic E-state index is 0.209. The Labute approximate surface area is 82.3 Å². The van der Waals surface area contributed by atoms with Gasteiger partial charge in [-0.15, -0.1) is 0 Å². The van der Waals surface area contributed by atoms with Gasteiger partial charge in [-0.2, -0.15) is 0 Å². The topological polar surface area (TPSA) is 46.5 Å². The van der Waals surface area contributed by atoms with Gasteiger partial charge < -0.3 is 9.84 Å². The minimum atomic E-state index is -0.891. The first kappa shape index (κ1) is 9.06. The lowest BCUT2D eigenvalue weighted by molar-refractivity contribution is 0.0697. The Kier molecular flexibility index (Phi) is 1.77. The molecule has 0 unspecified atom stereocenters. The molecule has 0 saturated heterocycles. The van der Waals surface area contributed by atoms with Gasteiger partial charge in [0.2, 0.25) is 0 Å². The summed E-state index contributed by atoms with van der Waals surface area (Å²) in [5.74, 6) is -0.0856. The highest BCUT2D eigenvalue weighted by atomic mass is 16.5. The largest absolute Gasteiger partial charge is 0.487 e. The van der Waals surface area contributed by atoms with E-state index in [1.807, 2.05) is 13.8 Å². The van der Waals surface area contributed by atoms with Gasteiger partial charge in [0.05, 0.1) is 5.56 Å². The lowest BCUT2D eigenvalue weighted by Crippen LogP contribution is -2.24. The molecule has 1 heterocycles. The zero-order chi connectivity index (χ0) is 10.3. The molecular formula is C11H12O3. The second kappa shape index (κ2) is 2.74. The zero-order valence-corrected chi connectivity index (χ0v) is 8.20. The molecule has 14 heavy (non-hydrogen) atoms. The number of hydrogen-bond acceptors (Lipinski definition) is 2. The second-order valence-corrected chi connectivity index (χ2v) is 4.17. The number of aromatic carboxylic acids is 1. The molecule has 0 saturated carbocycles. The first-order chi connectivity index (χ1) is 6.48. The number of fused-ring (bicyclic) bond motifs is 1. The fraction of sp³-hybridized carbons (Fsp3) is 0.364. The molecule has 3 nitrogen and oxygen atoms in total. The Bertz CT molecular complexity index is 394. The number of carbonyl (C=O) groups is 1. The van der Waals surface area contributed by atoms with Crippen molar-refractivity contribution in [2.45, 2.75) is 25.9 Å². The molecule has 0 radical (unpaired) electrons. The minimum Gasteiger partial charge on any atom is -0.487 e. The molecule has 0 fully saturated rings. The van der Waals surface area contributed by atoms with Gasteiger partial charge in [-0.1, -0.05) is 0 Å². The summed E-state index contributed by atoms with van der Waals surface area (Å²) >= 11 is 0. The lowest BCUT2D eigenvalue weighted by atomic mass is 10.0. The van der Waals surface area contributed by atoms with Crippen LogP contribution in [0.15, 0.2) is 18.2 Å². The summed E-state index contributed by atoms with van der Waals surface area (Å²) in [7, 11) is 0. The molecule has 1 aromatic rings. The fourth-order valence-electron chi connectivity index (χ4n) is 1.74. The molecule has 1 aliphatic rings. The Balaban J connectivity index is 2.40. The number of hydrogen-bond donors (Lipinski definition) is 1. The number of ether oxygens (including phenoxy) is 1. The third-order valence-corrected chi connectivity index (χ3v) is 2.31. The first-order valence-electron chi connectivity index (χ1n) is 4.53. The van der Waals surface area contributed by atoms with Gasteiger partial charge in [0.1, 0.15) is 11.4 Å². The Morgan fingerprint density at radius 1 is 1.50 bits per heavy atom. The monoisotopic (exact) mass is 192 g/mol. The van der Waals surface area contributed by atoms with Crippen LogP contribution in [-0.2, 0) is 6.42 Å². The van der Waals surface area contributed by atoms with Crippen LogP contribution in [0.2, 0.25) is 0 Å². The molecule has 0 aliphatic carbocycles. The Morgan fingerprint density at radius 2 is 2.21 bits per heavy atom. The van der Waals surface area contributed by atoms with E-state index >= 15 is 0 Å². The van der Waals surface area contributed by atoms with Crippen molar-refractivity contribution in [3.63, 3.8) is 0 Å². The van der Waals surface area contributed by atoms with Crippen molar-refractivity contribution in [1.82, 2.24) is 0 Å². The molecule has 0 spiro atoms. The summed E-state index contributed by atoms with van der Waals surface area (Å²) in [5.41, 5.74) is 1.10. The molecular weight excluding hydrogens is 180 g/mol. The quantitative estimate of drug-likeness (QED) is 0.741. The second-order valence-electron chi connectivity index (χ2n) is 4.17. The summed E-state index contributed by atoms with van der Waals surface area (Å²) in [6.45, 7) is 3.99. The number of carboxylic acid groups (broad SMARTS) is 1. The highest BCUT2D eigenvalue weighted by molar-refractivity contribution is 5.88. The van der Waals surface area contributed by atoms with Gasteiger partial charge in [0.25, 0.3) is 0 Å². The van der Waals surface area contributed by atoms with Crippen LogP contribution in [0.5, 0.6) is 5.75 Å². The molecule has 0 atom stereocenters. The van der Waals surface area contributed by atoms with Crippen LogP contribution < -0.4 is 4.74 Å². The average Bonchev–Trinajstić information content (AvgIpc) is 2.36. The maximum absolute atomic E-state index is 10.7. The van der Waals surface area contributed by atoms with Crippen LogP contribution in [0.25, 0.3) is 0 Å². The van der Waals surface area contributed by atoms with Crippen LogP contribution in [0.1, 0.15) is 29.8 Å². The molecule has 1 aromatic carbocycles. The van der Waals surface area contributed by atoms with Crippen molar-refractivity contribution in [2.24, 2.45) is 0 Å². The summed E-state index contributed by atoms with van der Waals surface area (Å²) in [6.07, 6.45) is 0.767. The predicted octanol–water partition coefficient (Wildman–Crippen LogP) is 2.10. The molecule has 1 aliphatic heterocycles. The SMILES string of the molecule is CC1(C)Cc2cc(C(=O)O)ccc2O1. The molecule has 0 bridgehead atoms. The molecule has 1 N–H and O–H groups in total. The first-order valence-corrected chi connectivity index (χ1v) is 4.53. The van der Waals surface area contributed by atoms with Crippen LogP contribution >= 0.6 is 0 Å². The van der Waals surface area contributed by atoms with Crippen LogP contribution in [0, 0.1) is 0 Å². The summed E-state index contributed by atoms with van der Waals surface area (Å²) in [4.78, 5) is 10.7. The number of rotatable bonds is 1.